The van der Waals surface area contributed by atoms with Crippen LogP contribution in [0, 0.1) is 0 Å². The number of rotatable bonds is 3. The van der Waals surface area contributed by atoms with Crippen molar-refractivity contribution in [1.82, 2.24) is 24.1 Å². The maximum absolute atomic E-state index is 12.8. The fraction of sp³-hybridized carbons (Fsp3) is 0.250. The average molecular weight is 309 g/mol. The van der Waals surface area contributed by atoms with Crippen molar-refractivity contribution in [1.29, 1.82) is 0 Å². The zero-order valence-corrected chi connectivity index (χ0v) is 12.8. The molecule has 0 unspecified atom stereocenters. The second kappa shape index (κ2) is 5.05. The first-order chi connectivity index (χ1) is 11.1. The number of nitrogens with zero attached hydrogens (tertiary/aromatic N) is 5. The highest BCUT2D eigenvalue weighted by atomic mass is 16.5. The summed E-state index contributed by atoms with van der Waals surface area (Å²) in [5.74, 6) is 1.22. The molecule has 3 aromatic heterocycles. The molecule has 0 atom stereocenters. The molecule has 0 fully saturated rings. The lowest BCUT2D eigenvalue weighted by molar-refractivity contribution is 0.360. The van der Waals surface area contributed by atoms with Gasteiger partial charge in [-0.2, -0.15) is 4.98 Å². The second-order valence-corrected chi connectivity index (χ2v) is 5.73. The van der Waals surface area contributed by atoms with Crippen LogP contribution in [0.15, 0.2) is 46.1 Å². The lowest BCUT2D eigenvalue weighted by atomic mass is 10.2. The summed E-state index contributed by atoms with van der Waals surface area (Å²) < 4.78 is 8.68. The normalized spacial score (nSPS) is 11.8. The van der Waals surface area contributed by atoms with E-state index in [2.05, 4.69) is 15.1 Å². The molecule has 7 nitrogen and oxygen atoms in total. The van der Waals surface area contributed by atoms with Crippen molar-refractivity contribution in [3.63, 3.8) is 0 Å². The van der Waals surface area contributed by atoms with E-state index in [1.165, 1.54) is 0 Å². The lowest BCUT2D eigenvalue weighted by Crippen LogP contribution is -2.23. The number of para-hydroxylation sites is 2. The van der Waals surface area contributed by atoms with E-state index < -0.39 is 0 Å². The largest absolute Gasteiger partial charge is 0.339 e. The molecule has 0 aliphatic rings. The number of fused-ring (bicyclic) bond motifs is 3. The quantitative estimate of drug-likeness (QED) is 0.580. The first-order valence-corrected chi connectivity index (χ1v) is 7.41. The van der Waals surface area contributed by atoms with Crippen LogP contribution < -0.4 is 5.56 Å². The predicted octanol–water partition coefficient (Wildman–Crippen LogP) is 2.20. The molecule has 0 saturated heterocycles. The minimum absolute atomic E-state index is 0.128. The fourth-order valence-electron chi connectivity index (χ4n) is 2.65. The van der Waals surface area contributed by atoms with E-state index in [0.29, 0.717) is 17.2 Å². The summed E-state index contributed by atoms with van der Waals surface area (Å²) in [5.41, 5.74) is 2.11. The number of aromatic nitrogens is 5. The Bertz CT molecular complexity index is 1060. The molecule has 0 saturated carbocycles. The molecule has 0 spiro atoms. The van der Waals surface area contributed by atoms with Crippen LogP contribution in [-0.2, 0) is 6.54 Å². The predicted molar refractivity (Wildman–Crippen MR) is 84.4 cm³/mol. The summed E-state index contributed by atoms with van der Waals surface area (Å²) >= 11 is 0. The number of hydrogen-bond acceptors (Lipinski definition) is 5. The van der Waals surface area contributed by atoms with Gasteiger partial charge in [0, 0.05) is 5.92 Å². The molecule has 0 bridgehead atoms. The van der Waals surface area contributed by atoms with E-state index in [1.807, 2.05) is 38.1 Å². The Labute approximate surface area is 131 Å². The molecule has 116 valence electrons. The van der Waals surface area contributed by atoms with E-state index in [-0.39, 0.29) is 18.0 Å². The average Bonchev–Trinajstić information content (AvgIpc) is 3.21. The van der Waals surface area contributed by atoms with Crippen molar-refractivity contribution >= 4 is 16.6 Å². The van der Waals surface area contributed by atoms with E-state index in [1.54, 1.807) is 21.5 Å². The van der Waals surface area contributed by atoms with Crippen LogP contribution in [0.25, 0.3) is 16.6 Å². The molecule has 0 aliphatic heterocycles. The highest BCUT2D eigenvalue weighted by Gasteiger charge is 2.15. The Balaban J connectivity index is 1.93. The van der Waals surface area contributed by atoms with Gasteiger partial charge in [0.2, 0.25) is 5.89 Å². The number of benzene rings is 1. The van der Waals surface area contributed by atoms with Crippen molar-refractivity contribution in [2.24, 2.45) is 0 Å². The zero-order valence-electron chi connectivity index (χ0n) is 12.8. The molecule has 4 rings (SSSR count). The van der Waals surface area contributed by atoms with Gasteiger partial charge in [-0.25, -0.2) is 4.98 Å². The van der Waals surface area contributed by atoms with Gasteiger partial charge in [0.25, 0.3) is 5.56 Å². The van der Waals surface area contributed by atoms with Crippen LogP contribution in [0.5, 0.6) is 0 Å². The molecule has 0 amide bonds. The molecule has 0 aliphatic carbocycles. The molecule has 23 heavy (non-hydrogen) atoms. The summed E-state index contributed by atoms with van der Waals surface area (Å²) in [6.45, 7) is 4.23. The third-order valence-electron chi connectivity index (χ3n) is 3.81. The standard InChI is InChI=1S/C16H15N5O2/c1-10(2)15-18-14(19-23-15)8-20-11-5-3-4-6-12(11)21-9-17-7-13(21)16(20)22/h3-7,9-10H,8H2,1-2H3. The minimum Gasteiger partial charge on any atom is -0.339 e. The molecule has 3 heterocycles. The van der Waals surface area contributed by atoms with Crippen LogP contribution in [-0.4, -0.2) is 24.1 Å². The van der Waals surface area contributed by atoms with Crippen LogP contribution in [0.2, 0.25) is 0 Å². The van der Waals surface area contributed by atoms with Crippen molar-refractivity contribution in [3.8, 4) is 0 Å². The van der Waals surface area contributed by atoms with E-state index in [4.69, 9.17) is 4.52 Å². The van der Waals surface area contributed by atoms with Gasteiger partial charge in [-0.3, -0.25) is 13.8 Å². The van der Waals surface area contributed by atoms with E-state index in [9.17, 15) is 4.79 Å². The summed E-state index contributed by atoms with van der Waals surface area (Å²) in [7, 11) is 0. The van der Waals surface area contributed by atoms with Crippen LogP contribution in [0.4, 0.5) is 0 Å². The first-order valence-electron chi connectivity index (χ1n) is 7.41. The zero-order chi connectivity index (χ0) is 16.0. The molecule has 0 radical (unpaired) electrons. The molecule has 1 aromatic carbocycles. The topological polar surface area (TPSA) is 78.2 Å². The van der Waals surface area contributed by atoms with Gasteiger partial charge >= 0.3 is 0 Å². The Kier molecular flexibility index (Phi) is 3.00. The Hall–Kier alpha value is -2.96. The summed E-state index contributed by atoms with van der Waals surface area (Å²) in [4.78, 5) is 21.2. The van der Waals surface area contributed by atoms with Gasteiger partial charge in [0.1, 0.15) is 5.52 Å². The highest BCUT2D eigenvalue weighted by Crippen LogP contribution is 2.16. The Morgan fingerprint density at radius 1 is 1.17 bits per heavy atom. The van der Waals surface area contributed by atoms with Crippen molar-refractivity contribution in [3.05, 3.63) is 58.9 Å². The maximum Gasteiger partial charge on any atom is 0.277 e. The van der Waals surface area contributed by atoms with Gasteiger partial charge in [0.15, 0.2) is 5.82 Å². The van der Waals surface area contributed by atoms with Crippen LogP contribution >= 0.6 is 0 Å². The third-order valence-corrected chi connectivity index (χ3v) is 3.81. The van der Waals surface area contributed by atoms with Gasteiger partial charge in [-0.05, 0) is 12.1 Å². The Morgan fingerprint density at radius 2 is 1.96 bits per heavy atom. The summed E-state index contributed by atoms with van der Waals surface area (Å²) in [6, 6.07) is 7.69. The Morgan fingerprint density at radius 3 is 2.70 bits per heavy atom. The minimum atomic E-state index is -0.128. The van der Waals surface area contributed by atoms with Crippen molar-refractivity contribution < 1.29 is 4.52 Å². The van der Waals surface area contributed by atoms with Crippen molar-refractivity contribution in [2.75, 3.05) is 0 Å². The second-order valence-electron chi connectivity index (χ2n) is 5.73. The van der Waals surface area contributed by atoms with Gasteiger partial charge in [-0.1, -0.05) is 31.1 Å². The molecule has 0 N–H and O–H groups in total. The van der Waals surface area contributed by atoms with Gasteiger partial charge in [-0.15, -0.1) is 0 Å². The van der Waals surface area contributed by atoms with Crippen LogP contribution in [0.1, 0.15) is 31.5 Å². The molecule has 4 aromatic rings. The van der Waals surface area contributed by atoms with Gasteiger partial charge in [0.05, 0.1) is 30.1 Å². The van der Waals surface area contributed by atoms with Crippen molar-refractivity contribution in [2.45, 2.75) is 26.3 Å². The monoisotopic (exact) mass is 309 g/mol. The molecular formula is C16H15N5O2. The molecule has 7 heteroatoms. The fourth-order valence-corrected chi connectivity index (χ4v) is 2.65. The smallest absolute Gasteiger partial charge is 0.277 e. The van der Waals surface area contributed by atoms with E-state index >= 15 is 0 Å². The number of hydrogen-bond donors (Lipinski definition) is 0. The maximum atomic E-state index is 12.8. The summed E-state index contributed by atoms with van der Waals surface area (Å²) in [5, 5.41) is 3.98. The first kappa shape index (κ1) is 13.7. The van der Waals surface area contributed by atoms with Crippen LogP contribution in [0.3, 0.4) is 0 Å². The van der Waals surface area contributed by atoms with Gasteiger partial charge < -0.3 is 4.52 Å². The number of imidazole rings is 1. The summed E-state index contributed by atoms with van der Waals surface area (Å²) in [6.07, 6.45) is 3.22. The van der Waals surface area contributed by atoms with E-state index in [0.717, 1.165) is 11.0 Å². The third kappa shape index (κ3) is 2.12. The SMILES string of the molecule is CC(C)c1nc(Cn2c(=O)c3cncn3c3ccccc32)no1. The highest BCUT2D eigenvalue weighted by molar-refractivity contribution is 5.78. The lowest BCUT2D eigenvalue weighted by Gasteiger charge is -2.10. The molecular weight excluding hydrogens is 294 g/mol.